The second-order valence-electron chi connectivity index (χ2n) is 2.77. The van der Waals surface area contributed by atoms with E-state index in [2.05, 4.69) is 18.7 Å². The number of carbonyl (C=O) groups excluding carboxylic acids is 1. The van der Waals surface area contributed by atoms with Gasteiger partial charge < -0.3 is 15.7 Å². The maximum atomic E-state index is 10.4. The van der Waals surface area contributed by atoms with Crippen LogP contribution in [0.25, 0.3) is 0 Å². The Hall–Kier alpha value is -0.680. The van der Waals surface area contributed by atoms with Crippen molar-refractivity contribution in [3.63, 3.8) is 0 Å². The molecule has 0 fully saturated rings. The SMILES string of the molecule is CCN(CC)CCSC=C(O)C(N)=O. The highest BCUT2D eigenvalue weighted by Crippen LogP contribution is 2.05. The fourth-order valence-electron chi connectivity index (χ4n) is 0.918. The number of nitrogens with two attached hydrogens (primary N) is 1. The Morgan fingerprint density at radius 3 is 2.50 bits per heavy atom. The Bertz CT molecular complexity index is 203. The third-order valence-electron chi connectivity index (χ3n) is 1.87. The second-order valence-corrected chi connectivity index (χ2v) is 3.74. The number of thioether (sulfide) groups is 1. The zero-order chi connectivity index (χ0) is 11.0. The van der Waals surface area contributed by atoms with Gasteiger partial charge in [0.2, 0.25) is 0 Å². The normalized spacial score (nSPS) is 12.1. The van der Waals surface area contributed by atoms with Crippen LogP contribution in [0, 0.1) is 0 Å². The number of hydrogen-bond donors (Lipinski definition) is 2. The molecule has 0 unspecified atom stereocenters. The fraction of sp³-hybridized carbons (Fsp3) is 0.667. The molecule has 0 heterocycles. The Kier molecular flexibility index (Phi) is 7.32. The summed E-state index contributed by atoms with van der Waals surface area (Å²) in [5.74, 6) is -0.297. The average molecular weight is 218 g/mol. The van der Waals surface area contributed by atoms with Crippen LogP contribution in [0.1, 0.15) is 13.8 Å². The maximum absolute atomic E-state index is 10.4. The summed E-state index contributed by atoms with van der Waals surface area (Å²) in [6.45, 7) is 7.18. The van der Waals surface area contributed by atoms with Gasteiger partial charge in [-0.15, -0.1) is 11.8 Å². The van der Waals surface area contributed by atoms with Crippen LogP contribution in [0.3, 0.4) is 0 Å². The van der Waals surface area contributed by atoms with Gasteiger partial charge in [-0.25, -0.2) is 0 Å². The van der Waals surface area contributed by atoms with E-state index < -0.39 is 5.91 Å². The zero-order valence-electron chi connectivity index (χ0n) is 8.69. The van der Waals surface area contributed by atoms with Crippen LogP contribution in [0.2, 0.25) is 0 Å². The minimum absolute atomic E-state index is 0.366. The molecular weight excluding hydrogens is 200 g/mol. The van der Waals surface area contributed by atoms with Crippen LogP contribution in [0.4, 0.5) is 0 Å². The minimum Gasteiger partial charge on any atom is -0.503 e. The van der Waals surface area contributed by atoms with Crippen LogP contribution in [-0.4, -0.2) is 41.3 Å². The van der Waals surface area contributed by atoms with Crippen molar-refractivity contribution >= 4 is 17.7 Å². The first-order valence-corrected chi connectivity index (χ1v) is 5.69. The molecule has 0 spiro atoms. The lowest BCUT2D eigenvalue weighted by Gasteiger charge is -2.16. The van der Waals surface area contributed by atoms with Gasteiger partial charge in [-0.05, 0) is 13.1 Å². The van der Waals surface area contributed by atoms with E-state index in [1.807, 2.05) is 0 Å². The predicted octanol–water partition coefficient (Wildman–Crippen LogP) is 0.946. The summed E-state index contributed by atoms with van der Waals surface area (Å²) in [5, 5.41) is 10.4. The molecule has 0 aromatic rings. The van der Waals surface area contributed by atoms with Gasteiger partial charge in [0.15, 0.2) is 5.76 Å². The number of carbonyl (C=O) groups is 1. The Morgan fingerprint density at radius 1 is 1.50 bits per heavy atom. The van der Waals surface area contributed by atoms with Crippen molar-refractivity contribution in [2.45, 2.75) is 13.8 Å². The van der Waals surface area contributed by atoms with Gasteiger partial charge in [-0.2, -0.15) is 0 Å². The molecule has 0 aromatic heterocycles. The minimum atomic E-state index is -0.777. The summed E-state index contributed by atoms with van der Waals surface area (Å²) < 4.78 is 0. The molecule has 0 saturated carbocycles. The second kappa shape index (κ2) is 7.70. The molecule has 0 radical (unpaired) electrons. The third-order valence-corrected chi connectivity index (χ3v) is 2.68. The van der Waals surface area contributed by atoms with Gasteiger partial charge in [0.25, 0.3) is 5.91 Å². The van der Waals surface area contributed by atoms with Crippen LogP contribution >= 0.6 is 11.8 Å². The highest BCUT2D eigenvalue weighted by molar-refractivity contribution is 8.02. The van der Waals surface area contributed by atoms with Gasteiger partial charge in [-0.1, -0.05) is 13.8 Å². The third kappa shape index (κ3) is 5.88. The first-order chi connectivity index (χ1) is 6.61. The van der Waals surface area contributed by atoms with Crippen molar-refractivity contribution in [3.05, 3.63) is 11.2 Å². The number of aliphatic hydroxyl groups excluding tert-OH is 1. The molecule has 14 heavy (non-hydrogen) atoms. The number of hydrogen-bond acceptors (Lipinski definition) is 4. The van der Waals surface area contributed by atoms with Crippen LogP contribution in [0.5, 0.6) is 0 Å². The largest absolute Gasteiger partial charge is 0.503 e. The lowest BCUT2D eigenvalue weighted by molar-refractivity contribution is -0.116. The molecule has 0 bridgehead atoms. The van der Waals surface area contributed by atoms with E-state index >= 15 is 0 Å². The molecule has 0 saturated heterocycles. The van der Waals surface area contributed by atoms with Crippen LogP contribution in [0.15, 0.2) is 11.2 Å². The smallest absolute Gasteiger partial charge is 0.284 e. The molecule has 4 nitrogen and oxygen atoms in total. The first kappa shape index (κ1) is 13.3. The number of primary amides is 1. The Balaban J connectivity index is 3.64. The first-order valence-electron chi connectivity index (χ1n) is 4.64. The molecule has 0 aliphatic carbocycles. The number of rotatable bonds is 7. The van der Waals surface area contributed by atoms with E-state index in [0.29, 0.717) is 0 Å². The van der Waals surface area contributed by atoms with Crippen molar-refractivity contribution in [1.29, 1.82) is 0 Å². The van der Waals surface area contributed by atoms with Crippen molar-refractivity contribution in [2.24, 2.45) is 5.73 Å². The van der Waals surface area contributed by atoms with E-state index in [9.17, 15) is 4.79 Å². The van der Waals surface area contributed by atoms with Gasteiger partial charge in [0, 0.05) is 17.7 Å². The van der Waals surface area contributed by atoms with E-state index in [0.717, 1.165) is 25.4 Å². The monoisotopic (exact) mass is 218 g/mol. The van der Waals surface area contributed by atoms with Crippen molar-refractivity contribution < 1.29 is 9.90 Å². The Morgan fingerprint density at radius 2 is 2.07 bits per heavy atom. The lowest BCUT2D eigenvalue weighted by atomic mass is 10.5. The van der Waals surface area contributed by atoms with Crippen LogP contribution in [-0.2, 0) is 4.79 Å². The summed E-state index contributed by atoms with van der Waals surface area (Å²) >= 11 is 1.39. The quantitative estimate of drug-likeness (QED) is 0.379. The fourth-order valence-corrected chi connectivity index (χ4v) is 1.67. The molecule has 0 aliphatic rings. The van der Waals surface area contributed by atoms with Gasteiger partial charge in [-0.3, -0.25) is 4.79 Å². The summed E-state index contributed by atoms with van der Waals surface area (Å²) in [6, 6.07) is 0. The maximum Gasteiger partial charge on any atom is 0.284 e. The number of amides is 1. The van der Waals surface area contributed by atoms with E-state index in [1.54, 1.807) is 0 Å². The Labute approximate surface area is 89.1 Å². The van der Waals surface area contributed by atoms with Crippen molar-refractivity contribution in [3.8, 4) is 0 Å². The number of nitrogens with zero attached hydrogens (tertiary/aromatic N) is 1. The molecule has 1 amide bonds. The zero-order valence-corrected chi connectivity index (χ0v) is 9.51. The molecular formula is C9H18N2O2S. The summed E-state index contributed by atoms with van der Waals surface area (Å²) in [6.07, 6.45) is 0. The molecule has 0 aromatic carbocycles. The van der Waals surface area contributed by atoms with Crippen LogP contribution < -0.4 is 5.73 Å². The van der Waals surface area contributed by atoms with E-state index in [-0.39, 0.29) is 5.76 Å². The summed E-state index contributed by atoms with van der Waals surface area (Å²) in [5.41, 5.74) is 4.85. The molecule has 0 aliphatic heterocycles. The van der Waals surface area contributed by atoms with Gasteiger partial charge >= 0.3 is 0 Å². The van der Waals surface area contributed by atoms with E-state index in [4.69, 9.17) is 10.8 Å². The van der Waals surface area contributed by atoms with Crippen molar-refractivity contribution in [1.82, 2.24) is 4.90 Å². The molecule has 5 heteroatoms. The molecule has 0 atom stereocenters. The summed E-state index contributed by atoms with van der Waals surface area (Å²) in [7, 11) is 0. The highest BCUT2D eigenvalue weighted by Gasteiger charge is 2.01. The lowest BCUT2D eigenvalue weighted by Crippen LogP contribution is -2.25. The standard InChI is InChI=1S/C9H18N2O2S/c1-3-11(4-2)5-6-14-7-8(12)9(10)13/h7,12H,3-6H2,1-2H3,(H2,10,13). The molecule has 82 valence electrons. The highest BCUT2D eigenvalue weighted by atomic mass is 32.2. The van der Waals surface area contributed by atoms with Crippen molar-refractivity contribution in [2.75, 3.05) is 25.4 Å². The number of aliphatic hydroxyl groups is 1. The molecule has 0 rings (SSSR count). The topological polar surface area (TPSA) is 66.6 Å². The van der Waals surface area contributed by atoms with Gasteiger partial charge in [0.05, 0.1) is 0 Å². The van der Waals surface area contributed by atoms with E-state index in [1.165, 1.54) is 17.2 Å². The van der Waals surface area contributed by atoms with Gasteiger partial charge in [0.1, 0.15) is 0 Å². The molecule has 3 N–H and O–H groups in total. The predicted molar refractivity (Wildman–Crippen MR) is 60.2 cm³/mol. The summed E-state index contributed by atoms with van der Waals surface area (Å²) in [4.78, 5) is 12.7. The average Bonchev–Trinajstić information content (AvgIpc) is 2.17.